The van der Waals surface area contributed by atoms with Gasteiger partial charge in [0.2, 0.25) is 5.91 Å². The number of aromatic nitrogens is 2. The van der Waals surface area contributed by atoms with Gasteiger partial charge in [-0.15, -0.1) is 5.10 Å². The topological polar surface area (TPSA) is 109 Å². The zero-order valence-electron chi connectivity index (χ0n) is 21.2. The summed E-state index contributed by atoms with van der Waals surface area (Å²) in [5, 5.41) is 10.6. The number of amidine groups is 1. The van der Waals surface area contributed by atoms with E-state index < -0.39 is 0 Å². The Morgan fingerprint density at radius 1 is 1.14 bits per heavy atom. The van der Waals surface area contributed by atoms with Crippen LogP contribution in [0.5, 0.6) is 0 Å². The van der Waals surface area contributed by atoms with Gasteiger partial charge in [-0.1, -0.05) is 48.0 Å². The number of hydrazine groups is 1. The van der Waals surface area contributed by atoms with Gasteiger partial charge in [0.15, 0.2) is 0 Å². The molecule has 0 radical (unpaired) electrons. The predicted molar refractivity (Wildman–Crippen MR) is 148 cm³/mol. The number of halogens is 1. The molecule has 0 bridgehead atoms. The van der Waals surface area contributed by atoms with E-state index in [1.807, 2.05) is 47.0 Å². The first-order valence-electron chi connectivity index (χ1n) is 12.2. The fourth-order valence-electron chi connectivity index (χ4n) is 4.39. The summed E-state index contributed by atoms with van der Waals surface area (Å²) in [6.45, 7) is 5.64. The monoisotopic (exact) mass is 520 g/mol. The second kappa shape index (κ2) is 12.1. The molecule has 2 heterocycles. The molecule has 37 heavy (non-hydrogen) atoms. The van der Waals surface area contributed by atoms with Gasteiger partial charge in [-0.25, -0.2) is 11.0 Å². The zero-order valence-corrected chi connectivity index (χ0v) is 22.0. The van der Waals surface area contributed by atoms with Gasteiger partial charge in [-0.05, 0) is 47.9 Å². The van der Waals surface area contributed by atoms with Gasteiger partial charge < -0.3 is 10.6 Å². The molecule has 1 aromatic heterocycles. The van der Waals surface area contributed by atoms with E-state index in [9.17, 15) is 4.79 Å². The minimum absolute atomic E-state index is 0.0230. The Morgan fingerprint density at radius 3 is 2.57 bits per heavy atom. The van der Waals surface area contributed by atoms with Crippen molar-refractivity contribution in [1.82, 2.24) is 24.7 Å². The van der Waals surface area contributed by atoms with Crippen molar-refractivity contribution < 1.29 is 4.79 Å². The molecule has 1 aliphatic heterocycles. The minimum Gasteiger partial charge on any atom is -0.386 e. The summed E-state index contributed by atoms with van der Waals surface area (Å²) < 4.78 is 1.92. The average Bonchev–Trinajstić information content (AvgIpc) is 3.23. The predicted octanol–water partition coefficient (Wildman–Crippen LogP) is 3.07. The molecular weight excluding hydrogens is 488 g/mol. The summed E-state index contributed by atoms with van der Waals surface area (Å²) in [7, 11) is 1.97. The Morgan fingerprint density at radius 2 is 1.86 bits per heavy atom. The highest BCUT2D eigenvalue weighted by atomic mass is 35.5. The first-order valence-corrected chi connectivity index (χ1v) is 12.6. The molecule has 2 aromatic carbocycles. The number of amides is 1. The second-order valence-corrected chi connectivity index (χ2v) is 9.56. The molecule has 0 atom stereocenters. The van der Waals surface area contributed by atoms with Gasteiger partial charge in [-0.3, -0.25) is 14.4 Å². The normalized spacial score (nSPS) is 14.9. The Balaban J connectivity index is 1.33. The van der Waals surface area contributed by atoms with Gasteiger partial charge in [0, 0.05) is 50.9 Å². The SMILES string of the molecule is C/C(N)=N/N(N)Cc1cc(Cl)ccc1/C=C/C(=O)N1CCN(Cc2cc(-c3ccccc3)n(C)n2)CC1. The van der Waals surface area contributed by atoms with Crippen LogP contribution in [0.3, 0.4) is 0 Å². The molecule has 0 spiro atoms. The lowest BCUT2D eigenvalue weighted by Crippen LogP contribution is -2.47. The van der Waals surface area contributed by atoms with Crippen molar-refractivity contribution in [2.24, 2.45) is 23.7 Å². The third kappa shape index (κ3) is 7.19. The minimum atomic E-state index is -0.0230. The number of hydrogen-bond acceptors (Lipinski definition) is 6. The molecule has 4 rings (SSSR count). The highest BCUT2D eigenvalue weighted by Gasteiger charge is 2.21. The van der Waals surface area contributed by atoms with Crippen LogP contribution >= 0.6 is 11.6 Å². The molecule has 10 heteroatoms. The summed E-state index contributed by atoms with van der Waals surface area (Å²) in [5.74, 6) is 6.25. The molecule has 194 valence electrons. The Labute approximate surface area is 222 Å². The van der Waals surface area contributed by atoms with Crippen LogP contribution in [0.1, 0.15) is 23.7 Å². The molecule has 1 fully saturated rings. The van der Waals surface area contributed by atoms with E-state index in [4.69, 9.17) is 28.3 Å². The lowest BCUT2D eigenvalue weighted by molar-refractivity contribution is -0.127. The van der Waals surface area contributed by atoms with Crippen molar-refractivity contribution in [1.29, 1.82) is 0 Å². The Kier molecular flexibility index (Phi) is 8.60. The number of nitrogens with two attached hydrogens (primary N) is 2. The van der Waals surface area contributed by atoms with Crippen LogP contribution in [0, 0.1) is 0 Å². The zero-order chi connectivity index (χ0) is 26.4. The van der Waals surface area contributed by atoms with E-state index in [2.05, 4.69) is 28.2 Å². The molecule has 1 aliphatic rings. The molecule has 0 unspecified atom stereocenters. The van der Waals surface area contributed by atoms with E-state index in [0.717, 1.165) is 47.7 Å². The number of carbonyl (C=O) groups excluding carboxylic acids is 1. The maximum absolute atomic E-state index is 12.9. The van der Waals surface area contributed by atoms with Gasteiger partial charge in [0.25, 0.3) is 0 Å². The lowest BCUT2D eigenvalue weighted by Gasteiger charge is -2.33. The van der Waals surface area contributed by atoms with Gasteiger partial charge in [-0.2, -0.15) is 5.10 Å². The van der Waals surface area contributed by atoms with Crippen molar-refractivity contribution in [2.45, 2.75) is 20.0 Å². The second-order valence-electron chi connectivity index (χ2n) is 9.13. The first kappa shape index (κ1) is 26.4. The number of rotatable bonds is 8. The van der Waals surface area contributed by atoms with Gasteiger partial charge in [0.1, 0.15) is 5.84 Å². The van der Waals surface area contributed by atoms with Gasteiger partial charge >= 0.3 is 0 Å². The number of aryl methyl sites for hydroxylation is 1. The summed E-state index contributed by atoms with van der Waals surface area (Å²) in [4.78, 5) is 17.1. The number of benzene rings is 2. The fraction of sp³-hybridized carbons (Fsp3) is 0.296. The maximum atomic E-state index is 12.9. The third-order valence-corrected chi connectivity index (χ3v) is 6.43. The van der Waals surface area contributed by atoms with E-state index in [1.54, 1.807) is 25.1 Å². The highest BCUT2D eigenvalue weighted by molar-refractivity contribution is 6.30. The summed E-state index contributed by atoms with van der Waals surface area (Å²) in [5.41, 5.74) is 10.6. The molecule has 3 aromatic rings. The van der Waals surface area contributed by atoms with Crippen LogP contribution in [-0.2, 0) is 24.9 Å². The Hall–Kier alpha value is -3.66. The molecular formula is C27H33ClN8O. The van der Waals surface area contributed by atoms with Crippen molar-refractivity contribution in [3.63, 3.8) is 0 Å². The van der Waals surface area contributed by atoms with Crippen molar-refractivity contribution in [2.75, 3.05) is 26.2 Å². The van der Waals surface area contributed by atoms with Crippen LogP contribution in [-0.4, -0.2) is 62.6 Å². The van der Waals surface area contributed by atoms with Gasteiger partial charge in [0.05, 0.1) is 17.9 Å². The molecule has 4 N–H and O–H groups in total. The quantitative estimate of drug-likeness (QED) is 0.155. The van der Waals surface area contributed by atoms with Crippen LogP contribution in [0.2, 0.25) is 5.02 Å². The summed E-state index contributed by atoms with van der Waals surface area (Å²) >= 11 is 6.17. The standard InChI is InChI=1S/C27H33ClN8O/c1-20(29)31-36(30)18-23-16-24(28)10-8-21(23)9-11-27(37)35-14-12-34(13-15-35)19-25-17-26(33(2)32-25)22-6-4-3-5-7-22/h3-11,16-17H,12-15,18-19,30H2,1-2H3,(H2,29,31)/b11-9+. The van der Waals surface area contributed by atoms with Crippen LogP contribution in [0.4, 0.5) is 0 Å². The van der Waals surface area contributed by atoms with Crippen molar-refractivity contribution in [3.05, 3.63) is 82.5 Å². The molecule has 9 nitrogen and oxygen atoms in total. The highest BCUT2D eigenvalue weighted by Crippen LogP contribution is 2.21. The number of hydrazone groups is 1. The molecule has 1 amide bonds. The smallest absolute Gasteiger partial charge is 0.246 e. The lowest BCUT2D eigenvalue weighted by atomic mass is 10.1. The number of nitrogens with zero attached hydrogens (tertiary/aromatic N) is 6. The van der Waals surface area contributed by atoms with Crippen LogP contribution in [0.15, 0.2) is 65.8 Å². The third-order valence-electron chi connectivity index (χ3n) is 6.20. The van der Waals surface area contributed by atoms with Crippen LogP contribution in [0.25, 0.3) is 17.3 Å². The molecule has 1 saturated heterocycles. The van der Waals surface area contributed by atoms with E-state index in [0.29, 0.717) is 30.5 Å². The average molecular weight is 521 g/mol. The van der Waals surface area contributed by atoms with E-state index in [1.165, 1.54) is 5.12 Å². The van der Waals surface area contributed by atoms with Crippen molar-refractivity contribution in [3.8, 4) is 11.3 Å². The largest absolute Gasteiger partial charge is 0.386 e. The summed E-state index contributed by atoms with van der Waals surface area (Å²) in [6.07, 6.45) is 3.40. The number of carbonyl (C=O) groups is 1. The summed E-state index contributed by atoms with van der Waals surface area (Å²) in [6, 6.07) is 17.9. The van der Waals surface area contributed by atoms with Crippen molar-refractivity contribution >= 4 is 29.4 Å². The van der Waals surface area contributed by atoms with Crippen LogP contribution < -0.4 is 11.6 Å². The number of piperazine rings is 1. The first-order chi connectivity index (χ1) is 17.8. The molecule has 0 aliphatic carbocycles. The fourth-order valence-corrected chi connectivity index (χ4v) is 4.59. The van der Waals surface area contributed by atoms with E-state index in [-0.39, 0.29) is 5.91 Å². The Bertz CT molecular complexity index is 1270. The van der Waals surface area contributed by atoms with E-state index >= 15 is 0 Å². The molecule has 0 saturated carbocycles. The number of hydrogen-bond donors (Lipinski definition) is 2. The maximum Gasteiger partial charge on any atom is 0.246 e.